The number of ether oxygens (including phenoxy) is 1. The van der Waals surface area contributed by atoms with Crippen LogP contribution in [0.3, 0.4) is 0 Å². The highest BCUT2D eigenvalue weighted by Crippen LogP contribution is 2.34. The molecule has 3 N–H and O–H groups in total. The van der Waals surface area contributed by atoms with Gasteiger partial charge in [0.2, 0.25) is 0 Å². The average molecular weight is 447 g/mol. The van der Waals surface area contributed by atoms with E-state index in [-0.39, 0.29) is 23.9 Å². The zero-order valence-corrected chi connectivity index (χ0v) is 18.9. The van der Waals surface area contributed by atoms with Crippen LogP contribution < -0.4 is 15.8 Å². The van der Waals surface area contributed by atoms with E-state index in [0.717, 1.165) is 5.56 Å². The van der Waals surface area contributed by atoms with Gasteiger partial charge in [-0.2, -0.15) is 5.10 Å². The Bertz CT molecular complexity index is 1420. The van der Waals surface area contributed by atoms with Gasteiger partial charge in [-0.05, 0) is 38.5 Å². The molecular weight excluding hydrogens is 422 g/mol. The fourth-order valence-corrected chi connectivity index (χ4v) is 4.38. The smallest absolute Gasteiger partial charge is 0.256 e. The Morgan fingerprint density at radius 1 is 1.27 bits per heavy atom. The van der Waals surface area contributed by atoms with E-state index in [1.165, 1.54) is 0 Å². The van der Waals surface area contributed by atoms with Crippen molar-refractivity contribution in [1.82, 2.24) is 19.8 Å². The molecule has 0 radical (unpaired) electrons. The van der Waals surface area contributed by atoms with Gasteiger partial charge in [0, 0.05) is 49.4 Å². The van der Waals surface area contributed by atoms with Gasteiger partial charge >= 0.3 is 0 Å². The van der Waals surface area contributed by atoms with E-state index in [1.54, 1.807) is 60.0 Å². The number of nitrogens with two attached hydrogens (primary N) is 1. The summed E-state index contributed by atoms with van der Waals surface area (Å²) in [5, 5.41) is 7.71. The molecule has 1 aliphatic rings. The van der Waals surface area contributed by atoms with E-state index in [1.807, 2.05) is 13.8 Å². The maximum Gasteiger partial charge on any atom is 0.256 e. The predicted octanol–water partition coefficient (Wildman–Crippen LogP) is 3.02. The lowest BCUT2D eigenvalue weighted by molar-refractivity contribution is 0.0419. The van der Waals surface area contributed by atoms with Crippen molar-refractivity contribution in [3.8, 4) is 11.5 Å². The number of nitrogens with one attached hydrogen (secondary N) is 1. The number of hydrogen-bond acceptors (Lipinski definition) is 6. The number of aryl methyl sites for hydroxylation is 2. The van der Waals surface area contributed by atoms with Crippen molar-refractivity contribution in [3.05, 3.63) is 59.1 Å². The SMILES string of the molecule is CNC(=O)c1c(C)oc2cc(Oc3ccnn4cc(C(=O)N5C[C@@H](N)[C@H]5C)c(C)c34)ccc12. The van der Waals surface area contributed by atoms with Gasteiger partial charge in [-0.3, -0.25) is 9.59 Å². The van der Waals surface area contributed by atoms with Gasteiger partial charge in [0.15, 0.2) is 5.75 Å². The molecule has 2 amide bonds. The van der Waals surface area contributed by atoms with Gasteiger partial charge in [-0.25, -0.2) is 4.52 Å². The van der Waals surface area contributed by atoms with Crippen LogP contribution in [0.5, 0.6) is 11.5 Å². The summed E-state index contributed by atoms with van der Waals surface area (Å²) in [5.41, 5.74) is 9.10. The molecule has 170 valence electrons. The molecule has 4 heterocycles. The van der Waals surface area contributed by atoms with Crippen molar-refractivity contribution in [2.75, 3.05) is 13.6 Å². The first-order chi connectivity index (χ1) is 15.8. The van der Waals surface area contributed by atoms with E-state index in [0.29, 0.717) is 51.4 Å². The molecule has 4 aromatic rings. The number of benzene rings is 1. The second kappa shape index (κ2) is 7.63. The Morgan fingerprint density at radius 2 is 2.06 bits per heavy atom. The van der Waals surface area contributed by atoms with Crippen molar-refractivity contribution in [2.45, 2.75) is 32.9 Å². The van der Waals surface area contributed by atoms with Crippen LogP contribution in [0, 0.1) is 13.8 Å². The van der Waals surface area contributed by atoms with Crippen LogP contribution in [-0.4, -0.2) is 52.0 Å². The van der Waals surface area contributed by atoms with Crippen LogP contribution in [0.2, 0.25) is 0 Å². The fourth-order valence-electron chi connectivity index (χ4n) is 4.38. The molecule has 9 heteroatoms. The predicted molar refractivity (Wildman–Crippen MR) is 123 cm³/mol. The zero-order valence-electron chi connectivity index (χ0n) is 18.9. The largest absolute Gasteiger partial charge is 0.460 e. The molecule has 2 atom stereocenters. The number of aromatic nitrogens is 2. The van der Waals surface area contributed by atoms with Crippen LogP contribution in [-0.2, 0) is 0 Å². The van der Waals surface area contributed by atoms with Crippen LogP contribution in [0.15, 0.2) is 41.1 Å². The van der Waals surface area contributed by atoms with Crippen molar-refractivity contribution in [3.63, 3.8) is 0 Å². The first kappa shape index (κ1) is 21.0. The minimum atomic E-state index is -0.200. The number of carbonyl (C=O) groups excluding carboxylic acids is 2. The van der Waals surface area contributed by atoms with Crippen molar-refractivity contribution < 1.29 is 18.7 Å². The molecule has 9 nitrogen and oxygen atoms in total. The molecule has 0 bridgehead atoms. The molecule has 1 fully saturated rings. The zero-order chi connectivity index (χ0) is 23.4. The highest BCUT2D eigenvalue weighted by Gasteiger charge is 2.37. The van der Waals surface area contributed by atoms with Crippen molar-refractivity contribution in [2.24, 2.45) is 5.73 Å². The van der Waals surface area contributed by atoms with Gasteiger partial charge in [0.1, 0.15) is 22.6 Å². The number of likely N-dealkylation sites (tertiary alicyclic amines) is 1. The number of rotatable bonds is 4. The first-order valence-electron chi connectivity index (χ1n) is 10.8. The topological polar surface area (TPSA) is 115 Å². The minimum Gasteiger partial charge on any atom is -0.460 e. The van der Waals surface area contributed by atoms with Crippen molar-refractivity contribution in [1.29, 1.82) is 0 Å². The Hall–Kier alpha value is -3.85. The monoisotopic (exact) mass is 447 g/mol. The lowest BCUT2D eigenvalue weighted by Gasteiger charge is -2.44. The van der Waals surface area contributed by atoms with E-state index in [4.69, 9.17) is 14.9 Å². The Labute approximate surface area is 190 Å². The fraction of sp³-hybridized carbons (Fsp3) is 0.292. The molecule has 1 saturated heterocycles. The van der Waals surface area contributed by atoms with Crippen LogP contribution in [0.1, 0.15) is 39.0 Å². The molecule has 1 aliphatic heterocycles. The van der Waals surface area contributed by atoms with Gasteiger partial charge in [0.25, 0.3) is 11.8 Å². The summed E-state index contributed by atoms with van der Waals surface area (Å²) in [6, 6.07) is 7.11. The average Bonchev–Trinajstić information content (AvgIpc) is 3.32. The lowest BCUT2D eigenvalue weighted by atomic mass is 9.97. The summed E-state index contributed by atoms with van der Waals surface area (Å²) in [5.74, 6) is 1.38. The maximum atomic E-state index is 13.0. The number of hydrogen-bond donors (Lipinski definition) is 2. The molecule has 5 rings (SSSR count). The van der Waals surface area contributed by atoms with Gasteiger partial charge < -0.3 is 25.1 Å². The molecule has 3 aromatic heterocycles. The van der Waals surface area contributed by atoms with Gasteiger partial charge in [0.05, 0.1) is 17.3 Å². The number of nitrogens with zero attached hydrogens (tertiary/aromatic N) is 3. The maximum absolute atomic E-state index is 13.0. The van der Waals surface area contributed by atoms with E-state index in [9.17, 15) is 9.59 Å². The quantitative estimate of drug-likeness (QED) is 0.497. The summed E-state index contributed by atoms with van der Waals surface area (Å²) < 4.78 is 13.6. The number of carbonyl (C=O) groups is 2. The summed E-state index contributed by atoms with van der Waals surface area (Å²) in [6.07, 6.45) is 3.35. The van der Waals surface area contributed by atoms with E-state index < -0.39 is 0 Å². The second-order valence-electron chi connectivity index (χ2n) is 8.39. The highest BCUT2D eigenvalue weighted by atomic mass is 16.5. The third kappa shape index (κ3) is 3.23. The summed E-state index contributed by atoms with van der Waals surface area (Å²) in [6.45, 7) is 6.14. The molecule has 0 unspecified atom stereocenters. The summed E-state index contributed by atoms with van der Waals surface area (Å²) in [4.78, 5) is 27.0. The molecule has 33 heavy (non-hydrogen) atoms. The third-order valence-electron chi connectivity index (χ3n) is 6.42. The Kier molecular flexibility index (Phi) is 4.86. The van der Waals surface area contributed by atoms with Crippen LogP contribution in [0.25, 0.3) is 16.5 Å². The van der Waals surface area contributed by atoms with Gasteiger partial charge in [-0.1, -0.05) is 0 Å². The number of amides is 2. The lowest BCUT2D eigenvalue weighted by Crippen LogP contribution is -2.64. The van der Waals surface area contributed by atoms with Crippen LogP contribution in [0.4, 0.5) is 0 Å². The van der Waals surface area contributed by atoms with Crippen molar-refractivity contribution >= 4 is 28.3 Å². The Morgan fingerprint density at radius 3 is 2.76 bits per heavy atom. The Balaban J connectivity index is 1.51. The standard InChI is InChI=1S/C24H25N5O4/c1-12-17(24(31)28-11-18(25)13(28)2)10-29-22(12)19(7-8-27-29)33-15-5-6-16-20(9-15)32-14(3)21(16)23(30)26-4/h5-10,13,18H,11,25H2,1-4H3,(H,26,30)/t13-,18-/m1/s1. The number of furan rings is 1. The third-order valence-corrected chi connectivity index (χ3v) is 6.42. The second-order valence-corrected chi connectivity index (χ2v) is 8.39. The van der Waals surface area contributed by atoms with E-state index in [2.05, 4.69) is 10.4 Å². The van der Waals surface area contributed by atoms with Crippen LogP contribution >= 0.6 is 0 Å². The molecular formula is C24H25N5O4. The highest BCUT2D eigenvalue weighted by molar-refractivity contribution is 6.07. The molecule has 0 saturated carbocycles. The first-order valence-corrected chi connectivity index (χ1v) is 10.8. The van der Waals surface area contributed by atoms with Gasteiger partial charge in [-0.15, -0.1) is 0 Å². The minimum absolute atomic E-state index is 0.00625. The normalized spacial score (nSPS) is 17.9. The number of fused-ring (bicyclic) bond motifs is 2. The summed E-state index contributed by atoms with van der Waals surface area (Å²) in [7, 11) is 1.59. The van der Waals surface area contributed by atoms with E-state index >= 15 is 0 Å². The molecule has 1 aromatic carbocycles. The molecule has 0 spiro atoms. The molecule has 0 aliphatic carbocycles. The summed E-state index contributed by atoms with van der Waals surface area (Å²) >= 11 is 0.